The van der Waals surface area contributed by atoms with Crippen LogP contribution in [0.1, 0.15) is 25.5 Å². The van der Waals surface area contributed by atoms with Crippen LogP contribution in [0.2, 0.25) is 0 Å². The molecule has 0 spiro atoms. The van der Waals surface area contributed by atoms with Gasteiger partial charge in [0.2, 0.25) is 0 Å². The molecule has 5 nitrogen and oxygen atoms in total. The number of hydrogen-bond acceptors (Lipinski definition) is 4. The van der Waals surface area contributed by atoms with Crippen molar-refractivity contribution in [2.24, 2.45) is 0 Å². The Labute approximate surface area is 89.8 Å². The minimum Gasteiger partial charge on any atom is -0.361 e. The molecule has 1 aromatic rings. The van der Waals surface area contributed by atoms with E-state index < -0.39 is 0 Å². The van der Waals surface area contributed by atoms with Crippen molar-refractivity contribution in [1.29, 1.82) is 0 Å². The topological polar surface area (TPSA) is 48.1 Å². The first-order valence-electron chi connectivity index (χ1n) is 5.36. The molecule has 2 heterocycles. The standard InChI is InChI=1S/C10H17N5/c1-3-4-5-9-10(12-13-11-9)15-7-6-14(2)8-15/h6-7H,3-5,8H2,1-2H3,(H,11,12,13). The van der Waals surface area contributed by atoms with Gasteiger partial charge in [-0.2, -0.15) is 0 Å². The molecule has 0 saturated heterocycles. The molecule has 82 valence electrons. The van der Waals surface area contributed by atoms with Crippen molar-refractivity contribution in [2.45, 2.75) is 26.2 Å². The Morgan fingerprint density at radius 2 is 2.33 bits per heavy atom. The van der Waals surface area contributed by atoms with E-state index in [1.807, 2.05) is 19.4 Å². The summed E-state index contributed by atoms with van der Waals surface area (Å²) in [6.45, 7) is 3.04. The van der Waals surface area contributed by atoms with Crippen molar-refractivity contribution in [3.8, 4) is 0 Å². The lowest BCUT2D eigenvalue weighted by molar-refractivity contribution is 0.494. The van der Waals surface area contributed by atoms with Gasteiger partial charge in [0.25, 0.3) is 0 Å². The molecule has 0 aromatic carbocycles. The summed E-state index contributed by atoms with van der Waals surface area (Å²) >= 11 is 0. The lowest BCUT2D eigenvalue weighted by Gasteiger charge is -2.16. The van der Waals surface area contributed by atoms with Gasteiger partial charge in [-0.05, 0) is 12.8 Å². The number of unbranched alkanes of at least 4 members (excludes halogenated alkanes) is 1. The first-order chi connectivity index (χ1) is 7.31. The van der Waals surface area contributed by atoms with E-state index in [1.54, 1.807) is 0 Å². The van der Waals surface area contributed by atoms with E-state index in [0.29, 0.717) is 0 Å². The van der Waals surface area contributed by atoms with Crippen molar-refractivity contribution in [3.05, 3.63) is 18.1 Å². The summed E-state index contributed by atoms with van der Waals surface area (Å²) < 4.78 is 0. The van der Waals surface area contributed by atoms with Crippen LogP contribution in [-0.4, -0.2) is 34.0 Å². The van der Waals surface area contributed by atoms with Gasteiger partial charge in [-0.3, -0.25) is 5.10 Å². The molecule has 1 aromatic heterocycles. The minimum atomic E-state index is 0.853. The van der Waals surface area contributed by atoms with Gasteiger partial charge in [-0.1, -0.05) is 18.6 Å². The summed E-state index contributed by atoms with van der Waals surface area (Å²) in [4.78, 5) is 4.22. The van der Waals surface area contributed by atoms with Gasteiger partial charge >= 0.3 is 0 Å². The van der Waals surface area contributed by atoms with E-state index in [9.17, 15) is 0 Å². The number of nitrogens with zero attached hydrogens (tertiary/aromatic N) is 4. The molecule has 1 aliphatic heterocycles. The highest BCUT2D eigenvalue weighted by molar-refractivity contribution is 5.46. The molecule has 2 rings (SSSR count). The predicted octanol–water partition coefficient (Wildman–Crippen LogP) is 1.33. The van der Waals surface area contributed by atoms with E-state index in [0.717, 1.165) is 24.6 Å². The number of aryl methyl sites for hydroxylation is 1. The molecule has 0 aliphatic carbocycles. The van der Waals surface area contributed by atoms with Crippen LogP contribution >= 0.6 is 0 Å². The molecule has 0 unspecified atom stereocenters. The van der Waals surface area contributed by atoms with E-state index >= 15 is 0 Å². The Kier molecular flexibility index (Phi) is 2.89. The number of aromatic amines is 1. The van der Waals surface area contributed by atoms with E-state index in [-0.39, 0.29) is 0 Å². The molecule has 1 N–H and O–H groups in total. The number of aromatic nitrogens is 3. The highest BCUT2D eigenvalue weighted by atomic mass is 15.4. The lowest BCUT2D eigenvalue weighted by Crippen LogP contribution is -2.22. The van der Waals surface area contributed by atoms with Gasteiger partial charge in [0.15, 0.2) is 5.82 Å². The van der Waals surface area contributed by atoms with Crippen molar-refractivity contribution in [3.63, 3.8) is 0 Å². The first kappa shape index (κ1) is 10.0. The second kappa shape index (κ2) is 4.33. The monoisotopic (exact) mass is 207 g/mol. The quantitative estimate of drug-likeness (QED) is 0.809. The third kappa shape index (κ3) is 2.11. The number of rotatable bonds is 4. The second-order valence-electron chi connectivity index (χ2n) is 3.88. The normalized spacial score (nSPS) is 15.3. The summed E-state index contributed by atoms with van der Waals surface area (Å²) in [5.41, 5.74) is 1.14. The van der Waals surface area contributed by atoms with Crippen molar-refractivity contribution in [2.75, 3.05) is 18.6 Å². The zero-order valence-corrected chi connectivity index (χ0v) is 9.27. The Balaban J connectivity index is 2.07. The highest BCUT2D eigenvalue weighted by Gasteiger charge is 2.17. The van der Waals surface area contributed by atoms with Gasteiger partial charge in [-0.25, -0.2) is 0 Å². The van der Waals surface area contributed by atoms with Crippen LogP contribution in [0.15, 0.2) is 12.4 Å². The van der Waals surface area contributed by atoms with Crippen LogP contribution in [0, 0.1) is 0 Å². The van der Waals surface area contributed by atoms with Crippen LogP contribution in [0.3, 0.4) is 0 Å². The fraction of sp³-hybridized carbons (Fsp3) is 0.600. The van der Waals surface area contributed by atoms with Crippen LogP contribution in [0.5, 0.6) is 0 Å². The molecular weight excluding hydrogens is 190 g/mol. The largest absolute Gasteiger partial charge is 0.361 e. The summed E-state index contributed by atoms with van der Waals surface area (Å²) in [7, 11) is 2.04. The fourth-order valence-corrected chi connectivity index (χ4v) is 1.66. The molecule has 0 atom stereocenters. The zero-order valence-electron chi connectivity index (χ0n) is 9.27. The number of H-pyrrole nitrogens is 1. The second-order valence-corrected chi connectivity index (χ2v) is 3.88. The summed E-state index contributed by atoms with van der Waals surface area (Å²) in [5, 5.41) is 11.0. The fourth-order valence-electron chi connectivity index (χ4n) is 1.66. The summed E-state index contributed by atoms with van der Waals surface area (Å²) in [5.74, 6) is 0.962. The maximum absolute atomic E-state index is 4.13. The van der Waals surface area contributed by atoms with Crippen molar-refractivity contribution in [1.82, 2.24) is 20.3 Å². The van der Waals surface area contributed by atoms with Crippen LogP contribution in [0.4, 0.5) is 5.82 Å². The van der Waals surface area contributed by atoms with E-state index in [4.69, 9.17) is 0 Å². The van der Waals surface area contributed by atoms with Crippen molar-refractivity contribution >= 4 is 5.82 Å². The first-order valence-corrected chi connectivity index (χ1v) is 5.36. The highest BCUT2D eigenvalue weighted by Crippen LogP contribution is 2.20. The maximum atomic E-state index is 4.13. The van der Waals surface area contributed by atoms with Crippen LogP contribution < -0.4 is 4.90 Å². The predicted molar refractivity (Wildman–Crippen MR) is 59.2 cm³/mol. The molecule has 1 aliphatic rings. The minimum absolute atomic E-state index is 0.853. The van der Waals surface area contributed by atoms with E-state index in [2.05, 4.69) is 32.1 Å². The molecule has 15 heavy (non-hydrogen) atoms. The molecule has 0 saturated carbocycles. The average Bonchev–Trinajstić information content (AvgIpc) is 2.82. The average molecular weight is 207 g/mol. The van der Waals surface area contributed by atoms with Gasteiger partial charge in [0.1, 0.15) is 0 Å². The molecule has 0 bridgehead atoms. The molecule has 5 heteroatoms. The third-order valence-corrected chi connectivity index (χ3v) is 2.53. The number of anilines is 1. The van der Waals surface area contributed by atoms with Crippen LogP contribution in [-0.2, 0) is 6.42 Å². The summed E-state index contributed by atoms with van der Waals surface area (Å²) in [6.07, 6.45) is 7.46. The zero-order chi connectivity index (χ0) is 10.7. The molecule has 0 radical (unpaired) electrons. The van der Waals surface area contributed by atoms with Gasteiger partial charge < -0.3 is 9.80 Å². The Bertz CT molecular complexity index is 343. The summed E-state index contributed by atoms with van der Waals surface area (Å²) in [6, 6.07) is 0. The Morgan fingerprint density at radius 3 is 3.00 bits per heavy atom. The van der Waals surface area contributed by atoms with Gasteiger partial charge in [0.05, 0.1) is 12.4 Å². The van der Waals surface area contributed by atoms with E-state index in [1.165, 1.54) is 12.8 Å². The van der Waals surface area contributed by atoms with Crippen molar-refractivity contribution < 1.29 is 0 Å². The Morgan fingerprint density at radius 1 is 1.47 bits per heavy atom. The maximum Gasteiger partial charge on any atom is 0.179 e. The molecule has 0 amide bonds. The van der Waals surface area contributed by atoms with Crippen LogP contribution in [0.25, 0.3) is 0 Å². The number of nitrogens with one attached hydrogen (secondary N) is 1. The van der Waals surface area contributed by atoms with Gasteiger partial charge in [0, 0.05) is 19.4 Å². The molecular formula is C10H17N5. The Hall–Kier alpha value is -1.52. The molecule has 0 fully saturated rings. The smallest absolute Gasteiger partial charge is 0.179 e. The van der Waals surface area contributed by atoms with Gasteiger partial charge in [-0.15, -0.1) is 5.10 Å². The lowest BCUT2D eigenvalue weighted by atomic mass is 10.2. The number of hydrogen-bond donors (Lipinski definition) is 1. The third-order valence-electron chi connectivity index (χ3n) is 2.53. The SMILES string of the molecule is CCCCc1[nH]nnc1N1C=CN(C)C1.